The van der Waals surface area contributed by atoms with Crippen molar-refractivity contribution in [2.45, 2.75) is 94.9 Å². The lowest BCUT2D eigenvalue weighted by Crippen LogP contribution is -2.95. The van der Waals surface area contributed by atoms with Crippen molar-refractivity contribution in [1.82, 2.24) is 9.80 Å². The maximum Gasteiger partial charge on any atom is 0.294 e. The predicted octanol–water partition coefficient (Wildman–Crippen LogP) is -11.0. The van der Waals surface area contributed by atoms with E-state index < -0.39 is 208 Å². The molecule has 4 aromatic carbocycles. The highest BCUT2D eigenvalue weighted by Gasteiger charge is 2.88. The quantitative estimate of drug-likeness (QED) is 0.0299. The lowest BCUT2D eigenvalue weighted by Gasteiger charge is -2.65. The molecular formula is C48H56N2O35. The van der Waals surface area contributed by atoms with Gasteiger partial charge in [0.25, 0.3) is 52.7 Å². The second-order valence-corrected chi connectivity index (χ2v) is 20.5. The Morgan fingerprint density at radius 2 is 0.824 bits per heavy atom. The van der Waals surface area contributed by atoms with Crippen LogP contribution in [0.1, 0.15) is 55.8 Å². The number of aromatic hydroxyl groups is 4. The molecular weight excluding hydrogens is 1160 g/mol. The smallest absolute Gasteiger partial charge is 0.294 e. The average molecular weight is 1220 g/mol. The van der Waals surface area contributed by atoms with Gasteiger partial charge in [-0.1, -0.05) is 30.3 Å². The number of rotatable bonds is 15. The fourth-order valence-corrected chi connectivity index (χ4v) is 11.0. The molecule has 0 amide bonds. The first-order valence-electron chi connectivity index (χ1n) is 23.9. The minimum atomic E-state index is -5.13. The average Bonchev–Trinajstić information content (AvgIpc) is 0.926. The first-order valence-corrected chi connectivity index (χ1v) is 23.9. The van der Waals surface area contributed by atoms with Gasteiger partial charge in [-0.05, 0) is 24.3 Å². The van der Waals surface area contributed by atoms with Crippen molar-refractivity contribution in [1.29, 1.82) is 0 Å². The van der Waals surface area contributed by atoms with Crippen molar-refractivity contribution in [2.75, 3.05) is 28.1 Å². The fraction of sp³-hybridized carbons (Fsp3) is 0.458. The van der Waals surface area contributed by atoms with Crippen LogP contribution < -0.4 is 23.7 Å². The van der Waals surface area contributed by atoms with Crippen LogP contribution in [0.5, 0.6) is 51.7 Å². The Bertz CT molecular complexity index is 3270. The van der Waals surface area contributed by atoms with Gasteiger partial charge in [0.1, 0.15) is 0 Å². The van der Waals surface area contributed by atoms with Crippen molar-refractivity contribution < 1.29 is 176 Å². The summed E-state index contributed by atoms with van der Waals surface area (Å²) in [5.41, 5.74) is -15.3. The number of likely N-dealkylation sites (tertiary alicyclic amines) is 2. The Balaban J connectivity index is 1.05. The lowest BCUT2D eigenvalue weighted by atomic mass is 9.68. The van der Waals surface area contributed by atoms with Gasteiger partial charge in [-0.3, -0.25) is 9.59 Å². The first-order chi connectivity index (χ1) is 38.6. The largest absolute Gasteiger partial charge is 0.504 e. The zero-order chi connectivity index (χ0) is 64.4. The standard InChI is InChI=1S/C48H56N2O35/c1-81-25-9-18-21(11-26(25)82-2)38(59,60)23(29(18)51)13-36(57)41(65,66)45(73,74)49(46(75,76)42(36,67)68)15-20-31(53)33(55)35(34(56)32(20)54)85-16-84-28-10-19-22(12-27(28)83-3)39(61,62)24(30(19)52)14-37(58)43(69,70)47(77,78)50(48(79,80)44(37,71)72)40(63,64)17-7-5-4-6-8-17/h4-12,23-24,53-80H,13-16H2,1-3H3. The molecule has 4 aromatic rings. The molecule has 0 aromatic heterocycles. The predicted molar refractivity (Wildman–Crippen MR) is 256 cm³/mol. The molecule has 85 heavy (non-hydrogen) atoms. The van der Waals surface area contributed by atoms with E-state index in [1.807, 2.05) is 0 Å². The maximum absolute atomic E-state index is 14.0. The summed E-state index contributed by atoms with van der Waals surface area (Å²) in [6, 6.07) is 7.75. The van der Waals surface area contributed by atoms with Gasteiger partial charge >= 0.3 is 0 Å². The summed E-state index contributed by atoms with van der Waals surface area (Å²) in [4.78, 5) is 25.3. The summed E-state index contributed by atoms with van der Waals surface area (Å²) in [6.45, 7) is -3.52. The Labute approximate surface area is 471 Å². The van der Waals surface area contributed by atoms with E-state index in [9.17, 15) is 153 Å². The summed E-state index contributed by atoms with van der Waals surface area (Å²) in [6.07, 6.45) is -4.40. The SMILES string of the molecule is COc1cc2c(cc1OC)C(O)(O)C(CC1(O)C(O)(O)C(O)(O)N(Cc3c(O)c(O)c(OCOc4cc5c(cc4OC)C(O)(O)C(CC4(O)C(O)(O)C(O)(O)N(C(O)(O)c6ccccc6)C(O)(O)C4(O)O)C5=O)c(O)c3O)C(O)(O)C1(O)O)C2=O. The molecule has 0 spiro atoms. The molecule has 2 unspecified atom stereocenters. The molecule has 2 saturated heterocycles. The van der Waals surface area contributed by atoms with Gasteiger partial charge in [0.05, 0.1) is 38.7 Å². The fourth-order valence-electron chi connectivity index (χ4n) is 11.0. The number of phenols is 4. The number of benzene rings is 4. The van der Waals surface area contributed by atoms with E-state index in [2.05, 4.69) is 0 Å². The van der Waals surface area contributed by atoms with Crippen LogP contribution >= 0.6 is 0 Å². The highest BCUT2D eigenvalue weighted by atomic mass is 16.7. The van der Waals surface area contributed by atoms with E-state index >= 15 is 0 Å². The molecule has 28 N–H and O–H groups in total. The Morgan fingerprint density at radius 3 is 1.21 bits per heavy atom. The van der Waals surface area contributed by atoms with E-state index in [4.69, 9.17) is 23.7 Å². The molecule has 2 heterocycles. The highest BCUT2D eigenvalue weighted by molar-refractivity contribution is 6.05. The van der Waals surface area contributed by atoms with Crippen LogP contribution in [0.15, 0.2) is 54.6 Å². The topological polar surface area (TPSA) is 653 Å². The summed E-state index contributed by atoms with van der Waals surface area (Å²) < 4.78 is 25.7. The normalized spacial score (nSPS) is 24.9. The summed E-state index contributed by atoms with van der Waals surface area (Å²) in [5, 5.41) is 313. The van der Waals surface area contributed by atoms with Crippen LogP contribution in [0.2, 0.25) is 0 Å². The number of hydrogen-bond donors (Lipinski definition) is 28. The molecule has 0 saturated carbocycles. The van der Waals surface area contributed by atoms with Crippen molar-refractivity contribution in [3.63, 3.8) is 0 Å². The molecule has 2 aliphatic heterocycles. The third-order valence-corrected chi connectivity index (χ3v) is 16.0. The van der Waals surface area contributed by atoms with Crippen molar-refractivity contribution in [3.05, 3.63) is 88.0 Å². The molecule has 8 rings (SSSR count). The monoisotopic (exact) mass is 1220 g/mol. The second kappa shape index (κ2) is 19.4. The van der Waals surface area contributed by atoms with E-state index in [1.54, 1.807) is 0 Å². The van der Waals surface area contributed by atoms with Crippen molar-refractivity contribution in [2.24, 2.45) is 11.8 Å². The summed E-state index contributed by atoms with van der Waals surface area (Å²) in [5.74, 6) is -71.1. The number of carbonyl (C=O) groups excluding carboxylic acids is 2. The highest BCUT2D eigenvalue weighted by Crippen LogP contribution is 2.61. The molecule has 37 nitrogen and oxygen atoms in total. The number of Topliss-reactive ketones (excluding diaryl/α,β-unsaturated/α-hetero) is 2. The zero-order valence-electron chi connectivity index (χ0n) is 43.5. The van der Waals surface area contributed by atoms with E-state index in [0.29, 0.717) is 12.1 Å². The van der Waals surface area contributed by atoms with Crippen LogP contribution in [0, 0.1) is 11.8 Å². The number of nitrogens with zero attached hydrogens (tertiary/aromatic N) is 2. The number of piperidine rings is 2. The van der Waals surface area contributed by atoms with Crippen LogP contribution in [0.4, 0.5) is 0 Å². The van der Waals surface area contributed by atoms with Crippen molar-refractivity contribution in [3.8, 4) is 51.7 Å². The molecule has 2 fully saturated rings. The Hall–Kier alpha value is -6.62. The third-order valence-electron chi connectivity index (χ3n) is 16.0. The van der Waals surface area contributed by atoms with Crippen molar-refractivity contribution >= 4 is 11.6 Å². The zero-order valence-corrected chi connectivity index (χ0v) is 43.5. The number of aliphatic hydroxyl groups is 24. The van der Waals surface area contributed by atoms with Crippen LogP contribution in [-0.2, 0) is 24.0 Å². The second-order valence-electron chi connectivity index (χ2n) is 20.5. The first kappa shape index (κ1) is 64.4. The summed E-state index contributed by atoms with van der Waals surface area (Å²) >= 11 is 0. The van der Waals surface area contributed by atoms with E-state index in [0.717, 1.165) is 57.7 Å². The van der Waals surface area contributed by atoms with Gasteiger partial charge < -0.3 is 167 Å². The molecule has 37 heteroatoms. The lowest BCUT2D eigenvalue weighted by molar-refractivity contribution is -0.629. The van der Waals surface area contributed by atoms with E-state index in [-0.39, 0.29) is 11.5 Å². The third kappa shape index (κ3) is 8.21. The maximum atomic E-state index is 14.0. The molecule has 2 aliphatic carbocycles. The number of methoxy groups -OCH3 is 3. The van der Waals surface area contributed by atoms with Crippen LogP contribution in [0.25, 0.3) is 0 Å². The Kier molecular flexibility index (Phi) is 14.7. The minimum Gasteiger partial charge on any atom is -0.504 e. The number of phenolic OH excluding ortho intramolecular Hbond substituents is 4. The number of hydrogen-bond acceptors (Lipinski definition) is 37. The number of ketones is 2. The minimum absolute atomic E-state index is 0.204. The van der Waals surface area contributed by atoms with E-state index in [1.165, 1.54) is 6.07 Å². The van der Waals surface area contributed by atoms with Gasteiger partial charge in [0.2, 0.25) is 35.6 Å². The van der Waals surface area contributed by atoms with Gasteiger partial charge in [-0.15, -0.1) is 4.90 Å². The van der Waals surface area contributed by atoms with Gasteiger partial charge in [0, 0.05) is 47.2 Å². The summed E-state index contributed by atoms with van der Waals surface area (Å²) in [7, 11) is 3.07. The van der Waals surface area contributed by atoms with Crippen LogP contribution in [0.3, 0.4) is 0 Å². The number of fused-ring (bicyclic) bond motifs is 2. The van der Waals surface area contributed by atoms with Crippen LogP contribution in [-0.4, -0.2) is 250 Å². The molecule has 0 bridgehead atoms. The van der Waals surface area contributed by atoms with Gasteiger partial charge in [0.15, 0.2) is 57.3 Å². The van der Waals surface area contributed by atoms with Gasteiger partial charge in [-0.25, -0.2) is 0 Å². The number of carbonyl (C=O) groups is 2. The Morgan fingerprint density at radius 1 is 0.471 bits per heavy atom. The molecule has 0 radical (unpaired) electrons. The molecule has 2 atom stereocenters. The molecule has 4 aliphatic rings. The number of ether oxygens (including phenoxy) is 5. The van der Waals surface area contributed by atoms with Gasteiger partial charge in [-0.2, -0.15) is 4.90 Å². The molecule has 468 valence electrons.